The zero-order valence-electron chi connectivity index (χ0n) is 12.4. The number of halogens is 2. The van der Waals surface area contributed by atoms with Gasteiger partial charge in [-0.15, -0.1) is 0 Å². The Balaban J connectivity index is 2.45. The number of hydrogen-bond acceptors (Lipinski definition) is 2. The fraction of sp³-hybridized carbons (Fsp3) is 0.294. The van der Waals surface area contributed by atoms with E-state index in [2.05, 4.69) is 5.32 Å². The fourth-order valence-corrected chi connectivity index (χ4v) is 2.29. The zero-order chi connectivity index (χ0) is 15.4. The first kappa shape index (κ1) is 15.4. The van der Waals surface area contributed by atoms with Crippen LogP contribution >= 0.6 is 0 Å². The normalized spacial score (nSPS) is 12.2. The first-order chi connectivity index (χ1) is 10.1. The highest BCUT2D eigenvalue weighted by atomic mass is 19.2. The van der Waals surface area contributed by atoms with E-state index < -0.39 is 17.7 Å². The van der Waals surface area contributed by atoms with Gasteiger partial charge in [-0.3, -0.25) is 0 Å². The second-order valence-corrected chi connectivity index (χ2v) is 4.86. The van der Waals surface area contributed by atoms with Gasteiger partial charge >= 0.3 is 0 Å². The number of benzene rings is 2. The van der Waals surface area contributed by atoms with Crippen LogP contribution in [0.4, 0.5) is 8.78 Å². The summed E-state index contributed by atoms with van der Waals surface area (Å²) in [5, 5.41) is 3.19. The van der Waals surface area contributed by atoms with Crippen molar-refractivity contribution in [2.45, 2.75) is 19.9 Å². The minimum atomic E-state index is -0.795. The maximum atomic E-state index is 14.2. The summed E-state index contributed by atoms with van der Waals surface area (Å²) < 4.78 is 33.1. The van der Waals surface area contributed by atoms with Crippen molar-refractivity contribution >= 4 is 0 Å². The predicted octanol–water partition coefficient (Wildman–Crippen LogP) is 3.98. The van der Waals surface area contributed by atoms with Crippen LogP contribution in [0.15, 0.2) is 36.4 Å². The zero-order valence-corrected chi connectivity index (χ0v) is 12.4. The Morgan fingerprint density at radius 2 is 1.71 bits per heavy atom. The lowest BCUT2D eigenvalue weighted by Gasteiger charge is -2.20. The summed E-state index contributed by atoms with van der Waals surface area (Å²) in [6, 6.07) is 10.2. The van der Waals surface area contributed by atoms with Gasteiger partial charge in [0.1, 0.15) is 5.75 Å². The average Bonchev–Trinajstić information content (AvgIpc) is 2.51. The van der Waals surface area contributed by atoms with Gasteiger partial charge in [0.05, 0.1) is 13.2 Å². The molecule has 0 fully saturated rings. The fourth-order valence-electron chi connectivity index (χ4n) is 2.29. The average molecular weight is 291 g/mol. The lowest BCUT2D eigenvalue weighted by Crippen LogP contribution is -2.23. The number of ether oxygens (including phenoxy) is 1. The summed E-state index contributed by atoms with van der Waals surface area (Å²) in [5.74, 6) is -0.856. The molecule has 0 aromatic heterocycles. The molecule has 0 heterocycles. The van der Waals surface area contributed by atoms with Gasteiger partial charge in [0.25, 0.3) is 0 Å². The molecule has 0 bridgehead atoms. The van der Waals surface area contributed by atoms with Crippen molar-refractivity contribution in [2.24, 2.45) is 0 Å². The Morgan fingerprint density at radius 1 is 1.05 bits per heavy atom. The number of rotatable bonds is 5. The molecule has 0 spiro atoms. The van der Waals surface area contributed by atoms with Crippen LogP contribution in [0.25, 0.3) is 0 Å². The lowest BCUT2D eigenvalue weighted by atomic mass is 9.96. The van der Waals surface area contributed by atoms with Crippen LogP contribution in [-0.2, 0) is 0 Å². The van der Waals surface area contributed by atoms with Crippen LogP contribution in [0.5, 0.6) is 5.75 Å². The predicted molar refractivity (Wildman–Crippen MR) is 79.6 cm³/mol. The highest BCUT2D eigenvalue weighted by Crippen LogP contribution is 2.28. The molecule has 112 valence electrons. The molecule has 0 aliphatic carbocycles. The molecule has 0 aliphatic rings. The van der Waals surface area contributed by atoms with Crippen LogP contribution in [0.2, 0.25) is 0 Å². The van der Waals surface area contributed by atoms with E-state index in [0.717, 1.165) is 11.3 Å². The summed E-state index contributed by atoms with van der Waals surface area (Å²) in [6.45, 7) is 4.13. The Hall–Kier alpha value is -1.94. The van der Waals surface area contributed by atoms with E-state index >= 15 is 0 Å². The molecule has 1 unspecified atom stereocenters. The summed E-state index contributed by atoms with van der Waals surface area (Å²) in [6.07, 6.45) is 0. The highest BCUT2D eigenvalue weighted by molar-refractivity contribution is 5.37. The maximum Gasteiger partial charge on any atom is 0.164 e. The molecule has 1 N–H and O–H groups in total. The largest absolute Gasteiger partial charge is 0.497 e. The van der Waals surface area contributed by atoms with Crippen LogP contribution in [0, 0.1) is 18.6 Å². The monoisotopic (exact) mass is 291 g/mol. The van der Waals surface area contributed by atoms with Gasteiger partial charge in [-0.05, 0) is 36.7 Å². The van der Waals surface area contributed by atoms with Gasteiger partial charge in [0, 0.05) is 5.56 Å². The minimum Gasteiger partial charge on any atom is -0.497 e. The Kier molecular flexibility index (Phi) is 4.91. The van der Waals surface area contributed by atoms with Crippen LogP contribution in [-0.4, -0.2) is 13.7 Å². The smallest absolute Gasteiger partial charge is 0.164 e. The van der Waals surface area contributed by atoms with Crippen molar-refractivity contribution in [1.29, 1.82) is 0 Å². The Labute approximate surface area is 123 Å². The third kappa shape index (κ3) is 3.22. The second-order valence-electron chi connectivity index (χ2n) is 4.86. The number of methoxy groups -OCH3 is 1. The van der Waals surface area contributed by atoms with Gasteiger partial charge in [-0.1, -0.05) is 31.2 Å². The first-order valence-electron chi connectivity index (χ1n) is 6.90. The molecule has 2 rings (SSSR count). The van der Waals surface area contributed by atoms with E-state index in [1.165, 1.54) is 0 Å². The van der Waals surface area contributed by atoms with Gasteiger partial charge in [-0.25, -0.2) is 8.78 Å². The Morgan fingerprint density at radius 3 is 2.29 bits per heavy atom. The quantitative estimate of drug-likeness (QED) is 0.899. The molecule has 1 atom stereocenters. The van der Waals surface area contributed by atoms with E-state index in [-0.39, 0.29) is 0 Å². The maximum absolute atomic E-state index is 14.2. The van der Waals surface area contributed by atoms with Gasteiger partial charge < -0.3 is 10.1 Å². The van der Waals surface area contributed by atoms with Crippen LogP contribution < -0.4 is 10.1 Å². The van der Waals surface area contributed by atoms with Gasteiger partial charge in [0.2, 0.25) is 0 Å². The SMILES string of the molecule is CCNC(c1ccc(OC)cc1)c1ccc(C)c(F)c1F. The van der Waals surface area contributed by atoms with E-state index in [9.17, 15) is 8.78 Å². The van der Waals surface area contributed by atoms with Gasteiger partial charge in [0.15, 0.2) is 11.6 Å². The summed E-state index contributed by atoms with van der Waals surface area (Å²) in [5.41, 5.74) is 1.48. The molecular formula is C17H19F2NO. The number of aryl methyl sites for hydroxylation is 1. The van der Waals surface area contributed by atoms with E-state index in [4.69, 9.17) is 4.74 Å². The standard InChI is InChI=1S/C17H19F2NO/c1-4-20-17(12-6-8-13(21-3)9-7-12)14-10-5-11(2)15(18)16(14)19/h5-10,17,20H,4H2,1-3H3. The molecule has 0 amide bonds. The first-order valence-corrected chi connectivity index (χ1v) is 6.90. The van der Waals surface area contributed by atoms with Crippen LogP contribution in [0.3, 0.4) is 0 Å². The van der Waals surface area contributed by atoms with E-state index in [0.29, 0.717) is 17.7 Å². The molecule has 2 nitrogen and oxygen atoms in total. The molecule has 4 heteroatoms. The van der Waals surface area contributed by atoms with E-state index in [1.807, 2.05) is 31.2 Å². The second kappa shape index (κ2) is 6.68. The summed E-state index contributed by atoms with van der Waals surface area (Å²) >= 11 is 0. The summed E-state index contributed by atoms with van der Waals surface area (Å²) in [7, 11) is 1.59. The molecule has 0 saturated heterocycles. The van der Waals surface area contributed by atoms with Crippen molar-refractivity contribution < 1.29 is 13.5 Å². The molecule has 0 radical (unpaired) electrons. The molecule has 2 aromatic carbocycles. The molecule has 0 saturated carbocycles. The molecule has 21 heavy (non-hydrogen) atoms. The number of hydrogen-bond donors (Lipinski definition) is 1. The third-order valence-corrected chi connectivity index (χ3v) is 3.47. The van der Waals surface area contributed by atoms with Gasteiger partial charge in [-0.2, -0.15) is 0 Å². The van der Waals surface area contributed by atoms with Crippen LogP contribution in [0.1, 0.15) is 29.7 Å². The highest BCUT2D eigenvalue weighted by Gasteiger charge is 2.20. The van der Waals surface area contributed by atoms with E-state index in [1.54, 1.807) is 26.2 Å². The van der Waals surface area contributed by atoms with Crippen molar-refractivity contribution in [3.05, 3.63) is 64.7 Å². The molecular weight excluding hydrogens is 272 g/mol. The van der Waals surface area contributed by atoms with Crippen molar-refractivity contribution in [3.63, 3.8) is 0 Å². The minimum absolute atomic E-state index is 0.307. The molecule has 2 aromatic rings. The molecule has 0 aliphatic heterocycles. The third-order valence-electron chi connectivity index (χ3n) is 3.47. The topological polar surface area (TPSA) is 21.3 Å². The summed E-state index contributed by atoms with van der Waals surface area (Å²) in [4.78, 5) is 0. The van der Waals surface area contributed by atoms with Crippen molar-refractivity contribution in [2.75, 3.05) is 13.7 Å². The Bertz CT molecular complexity index is 611. The van der Waals surface area contributed by atoms with Crippen molar-refractivity contribution in [1.82, 2.24) is 5.32 Å². The lowest BCUT2D eigenvalue weighted by molar-refractivity contribution is 0.414. The number of nitrogens with one attached hydrogen (secondary N) is 1. The van der Waals surface area contributed by atoms with Crippen molar-refractivity contribution in [3.8, 4) is 5.75 Å².